The van der Waals surface area contributed by atoms with Crippen LogP contribution in [-0.4, -0.2) is 31.1 Å². The van der Waals surface area contributed by atoms with E-state index >= 15 is 0 Å². The Labute approximate surface area is 132 Å². The van der Waals surface area contributed by atoms with Crippen molar-refractivity contribution < 1.29 is 23.1 Å². The van der Waals surface area contributed by atoms with Gasteiger partial charge in [-0.15, -0.1) is 0 Å². The number of nitrogens with one attached hydrogen (secondary N) is 1. The highest BCUT2D eigenvalue weighted by Gasteiger charge is 2.14. The highest BCUT2D eigenvalue weighted by atomic mass is 32.2. The van der Waals surface area contributed by atoms with Gasteiger partial charge in [-0.05, 0) is 36.4 Å². The lowest BCUT2D eigenvalue weighted by Crippen LogP contribution is -2.13. The molecule has 23 heavy (non-hydrogen) atoms. The van der Waals surface area contributed by atoms with Crippen molar-refractivity contribution in [1.82, 2.24) is 4.98 Å². The summed E-state index contributed by atoms with van der Waals surface area (Å²) in [7, 11) is -3.83. The number of aliphatic carboxylic acids is 1. The van der Waals surface area contributed by atoms with Gasteiger partial charge in [0.15, 0.2) is 6.61 Å². The molecule has 2 aromatic rings. The van der Waals surface area contributed by atoms with E-state index in [0.29, 0.717) is 0 Å². The lowest BCUT2D eigenvalue weighted by molar-refractivity contribution is -0.139. The van der Waals surface area contributed by atoms with E-state index in [1.165, 1.54) is 42.6 Å². The number of pyridine rings is 1. The zero-order chi connectivity index (χ0) is 16.9. The molecule has 0 aliphatic carbocycles. The van der Waals surface area contributed by atoms with Gasteiger partial charge in [-0.2, -0.15) is 5.26 Å². The molecule has 0 saturated carbocycles. The van der Waals surface area contributed by atoms with Crippen LogP contribution in [0.4, 0.5) is 5.69 Å². The Bertz CT molecular complexity index is 839. The van der Waals surface area contributed by atoms with Crippen molar-refractivity contribution in [3.63, 3.8) is 0 Å². The van der Waals surface area contributed by atoms with Crippen molar-refractivity contribution >= 4 is 21.7 Å². The maximum atomic E-state index is 12.2. The Hall–Kier alpha value is -3.12. The fourth-order valence-corrected chi connectivity index (χ4v) is 2.64. The molecular formula is C14H11N3O5S. The lowest BCUT2D eigenvalue weighted by Gasteiger charge is -2.08. The molecule has 0 saturated heterocycles. The van der Waals surface area contributed by atoms with Crippen molar-refractivity contribution in [2.24, 2.45) is 0 Å². The number of ether oxygens (including phenoxy) is 1. The molecule has 0 amide bonds. The minimum Gasteiger partial charge on any atom is -0.482 e. The fourth-order valence-electron chi connectivity index (χ4n) is 1.59. The highest BCUT2D eigenvalue weighted by Crippen LogP contribution is 2.19. The third-order valence-electron chi connectivity index (χ3n) is 2.63. The summed E-state index contributed by atoms with van der Waals surface area (Å²) in [6.45, 7) is -0.513. The van der Waals surface area contributed by atoms with E-state index in [2.05, 4.69) is 9.71 Å². The molecule has 0 fully saturated rings. The van der Waals surface area contributed by atoms with E-state index in [-0.39, 0.29) is 22.0 Å². The van der Waals surface area contributed by atoms with Gasteiger partial charge in [0.2, 0.25) is 0 Å². The predicted molar refractivity (Wildman–Crippen MR) is 79.3 cm³/mol. The summed E-state index contributed by atoms with van der Waals surface area (Å²) in [5.41, 5.74) is 0.392. The van der Waals surface area contributed by atoms with Gasteiger partial charge in [0.05, 0.1) is 16.8 Å². The summed E-state index contributed by atoms with van der Waals surface area (Å²) in [5, 5.41) is 17.1. The maximum absolute atomic E-state index is 12.2. The maximum Gasteiger partial charge on any atom is 0.341 e. The molecule has 0 aliphatic heterocycles. The molecule has 118 valence electrons. The largest absolute Gasteiger partial charge is 0.482 e. The number of anilines is 1. The van der Waals surface area contributed by atoms with Crippen LogP contribution in [-0.2, 0) is 14.8 Å². The average Bonchev–Trinajstić information content (AvgIpc) is 2.53. The summed E-state index contributed by atoms with van der Waals surface area (Å²) in [6, 6.07) is 9.93. The third kappa shape index (κ3) is 4.42. The van der Waals surface area contributed by atoms with Gasteiger partial charge in [0.1, 0.15) is 17.5 Å². The number of rotatable bonds is 6. The molecule has 0 spiro atoms. The molecule has 0 radical (unpaired) electrons. The molecule has 0 atom stereocenters. The van der Waals surface area contributed by atoms with Gasteiger partial charge in [-0.1, -0.05) is 0 Å². The van der Waals surface area contributed by atoms with Crippen molar-refractivity contribution in [1.29, 1.82) is 5.26 Å². The summed E-state index contributed by atoms with van der Waals surface area (Å²) >= 11 is 0. The Balaban J connectivity index is 2.12. The standard InChI is InChI=1S/C14H11N3O5S/c15-7-10-1-2-11(8-16-10)17-23(20,21)13-5-3-12(4-6-13)22-9-14(18)19/h1-6,8,17H,9H2,(H,18,19). The van der Waals surface area contributed by atoms with Crippen LogP contribution in [0.1, 0.15) is 5.69 Å². The number of carbonyl (C=O) groups is 1. The molecule has 2 rings (SSSR count). The van der Waals surface area contributed by atoms with Gasteiger partial charge >= 0.3 is 5.97 Å². The Morgan fingerprint density at radius 1 is 1.26 bits per heavy atom. The second-order valence-corrected chi connectivity index (χ2v) is 5.99. The van der Waals surface area contributed by atoms with E-state index in [4.69, 9.17) is 15.1 Å². The number of carboxylic acids is 1. The van der Waals surface area contributed by atoms with Gasteiger partial charge < -0.3 is 9.84 Å². The highest BCUT2D eigenvalue weighted by molar-refractivity contribution is 7.92. The molecule has 8 nitrogen and oxygen atoms in total. The molecular weight excluding hydrogens is 322 g/mol. The molecule has 2 N–H and O–H groups in total. The van der Waals surface area contributed by atoms with E-state index in [9.17, 15) is 13.2 Å². The number of aromatic nitrogens is 1. The first-order valence-corrected chi connectivity index (χ1v) is 7.72. The second-order valence-electron chi connectivity index (χ2n) is 4.30. The summed E-state index contributed by atoms with van der Waals surface area (Å²) in [6.07, 6.45) is 1.24. The van der Waals surface area contributed by atoms with Crippen molar-refractivity contribution in [2.45, 2.75) is 4.90 Å². The quantitative estimate of drug-likeness (QED) is 0.812. The topological polar surface area (TPSA) is 129 Å². The minimum atomic E-state index is -3.83. The van der Waals surface area contributed by atoms with E-state index in [1.807, 2.05) is 6.07 Å². The molecule has 0 unspecified atom stereocenters. The first-order chi connectivity index (χ1) is 10.9. The monoisotopic (exact) mass is 333 g/mol. The first kappa shape index (κ1) is 16.3. The Morgan fingerprint density at radius 3 is 2.48 bits per heavy atom. The normalized spacial score (nSPS) is 10.6. The smallest absolute Gasteiger partial charge is 0.341 e. The molecule has 9 heteroatoms. The molecule has 0 bridgehead atoms. The van der Waals surface area contributed by atoms with Crippen LogP contribution in [0, 0.1) is 11.3 Å². The predicted octanol–water partition coefficient (Wildman–Crippen LogP) is 1.22. The van der Waals surface area contributed by atoms with E-state index in [1.54, 1.807) is 0 Å². The zero-order valence-corrected chi connectivity index (χ0v) is 12.4. The van der Waals surface area contributed by atoms with Gasteiger partial charge in [0, 0.05) is 0 Å². The van der Waals surface area contributed by atoms with E-state index < -0.39 is 22.6 Å². The number of carboxylic acid groups (broad SMARTS) is 1. The van der Waals surface area contributed by atoms with Crippen LogP contribution in [0.5, 0.6) is 5.75 Å². The van der Waals surface area contributed by atoms with Crippen LogP contribution in [0.25, 0.3) is 0 Å². The third-order valence-corrected chi connectivity index (χ3v) is 4.02. The number of benzene rings is 1. The van der Waals surface area contributed by atoms with Gasteiger partial charge in [-0.25, -0.2) is 18.2 Å². The number of nitrogens with zero attached hydrogens (tertiary/aromatic N) is 2. The van der Waals surface area contributed by atoms with Crippen molar-refractivity contribution in [2.75, 3.05) is 11.3 Å². The van der Waals surface area contributed by atoms with Crippen LogP contribution in [0.3, 0.4) is 0 Å². The van der Waals surface area contributed by atoms with Gasteiger partial charge in [0.25, 0.3) is 10.0 Å². The second kappa shape index (κ2) is 6.76. The molecule has 0 aliphatic rings. The van der Waals surface area contributed by atoms with Crippen molar-refractivity contribution in [3.8, 4) is 11.8 Å². The minimum absolute atomic E-state index is 0.0236. The molecule has 1 aromatic carbocycles. The summed E-state index contributed by atoms with van der Waals surface area (Å²) < 4.78 is 31.6. The van der Waals surface area contributed by atoms with Crippen LogP contribution < -0.4 is 9.46 Å². The Morgan fingerprint density at radius 2 is 1.96 bits per heavy atom. The van der Waals surface area contributed by atoms with Crippen LogP contribution >= 0.6 is 0 Å². The number of sulfonamides is 1. The lowest BCUT2D eigenvalue weighted by atomic mass is 10.3. The average molecular weight is 333 g/mol. The molecule has 1 aromatic heterocycles. The molecule has 1 heterocycles. The fraction of sp³-hybridized carbons (Fsp3) is 0.0714. The number of hydrogen-bond donors (Lipinski definition) is 2. The van der Waals surface area contributed by atoms with Crippen LogP contribution in [0.15, 0.2) is 47.5 Å². The first-order valence-electron chi connectivity index (χ1n) is 6.24. The number of nitriles is 1. The Kier molecular flexibility index (Phi) is 4.78. The van der Waals surface area contributed by atoms with Gasteiger partial charge in [-0.3, -0.25) is 4.72 Å². The van der Waals surface area contributed by atoms with E-state index in [0.717, 1.165) is 0 Å². The summed E-state index contributed by atoms with van der Waals surface area (Å²) in [5.74, 6) is -0.886. The number of hydrogen-bond acceptors (Lipinski definition) is 6. The van der Waals surface area contributed by atoms with Crippen LogP contribution in [0.2, 0.25) is 0 Å². The summed E-state index contributed by atoms with van der Waals surface area (Å²) in [4.78, 5) is 14.1. The van der Waals surface area contributed by atoms with Crippen molar-refractivity contribution in [3.05, 3.63) is 48.3 Å². The zero-order valence-electron chi connectivity index (χ0n) is 11.6. The SMILES string of the molecule is N#Cc1ccc(NS(=O)(=O)c2ccc(OCC(=O)O)cc2)cn1.